The second-order valence-corrected chi connectivity index (χ2v) is 7.47. The molecule has 29 heavy (non-hydrogen) atoms. The standard InChI is InChI=1S/C21H17FN4O2S/c1-26(11-18-24-17-8-3-2-7-16(17)20(28)25-18)19(27)10-15-12-29-21(23-15)13-5-4-6-14(22)9-13/h2-9,12H,10-11H2,1H3,(H,24,25,28). The molecule has 6 nitrogen and oxygen atoms in total. The van der Waals surface area contributed by atoms with Crippen molar-refractivity contribution in [3.8, 4) is 10.6 Å². The number of amides is 1. The lowest BCUT2D eigenvalue weighted by Gasteiger charge is -2.16. The number of aromatic nitrogens is 3. The fourth-order valence-electron chi connectivity index (χ4n) is 2.95. The summed E-state index contributed by atoms with van der Waals surface area (Å²) in [4.78, 5) is 37.8. The van der Waals surface area contributed by atoms with E-state index in [4.69, 9.17) is 0 Å². The number of halogens is 1. The molecule has 146 valence electrons. The number of fused-ring (bicyclic) bond motifs is 1. The number of benzene rings is 2. The van der Waals surface area contributed by atoms with Crippen molar-refractivity contribution in [1.29, 1.82) is 0 Å². The average molecular weight is 408 g/mol. The highest BCUT2D eigenvalue weighted by Gasteiger charge is 2.15. The summed E-state index contributed by atoms with van der Waals surface area (Å²) in [6.45, 7) is 0.180. The van der Waals surface area contributed by atoms with Gasteiger partial charge in [0.25, 0.3) is 5.56 Å². The number of nitrogens with zero attached hydrogens (tertiary/aromatic N) is 3. The van der Waals surface area contributed by atoms with Gasteiger partial charge in [0.15, 0.2) is 0 Å². The summed E-state index contributed by atoms with van der Waals surface area (Å²) < 4.78 is 13.4. The van der Waals surface area contributed by atoms with Gasteiger partial charge in [0.05, 0.1) is 29.6 Å². The molecule has 8 heteroatoms. The number of hydrogen-bond acceptors (Lipinski definition) is 5. The Balaban J connectivity index is 1.46. The van der Waals surface area contributed by atoms with Gasteiger partial charge in [-0.25, -0.2) is 14.4 Å². The number of hydrogen-bond donors (Lipinski definition) is 1. The average Bonchev–Trinajstić information content (AvgIpc) is 3.16. The summed E-state index contributed by atoms with van der Waals surface area (Å²) in [7, 11) is 1.65. The third-order valence-corrected chi connectivity index (χ3v) is 5.37. The van der Waals surface area contributed by atoms with Crippen molar-refractivity contribution in [3.05, 3.63) is 81.6 Å². The van der Waals surface area contributed by atoms with Crippen LogP contribution < -0.4 is 5.56 Å². The van der Waals surface area contributed by atoms with Crippen molar-refractivity contribution < 1.29 is 9.18 Å². The summed E-state index contributed by atoms with van der Waals surface area (Å²) in [5.41, 5.74) is 1.66. The second kappa shape index (κ2) is 7.92. The molecule has 0 aliphatic rings. The molecule has 0 saturated carbocycles. The van der Waals surface area contributed by atoms with Gasteiger partial charge in [0.1, 0.15) is 16.6 Å². The van der Waals surface area contributed by atoms with Crippen LogP contribution in [0.3, 0.4) is 0 Å². The van der Waals surface area contributed by atoms with Gasteiger partial charge in [-0.15, -0.1) is 11.3 Å². The van der Waals surface area contributed by atoms with Crippen LogP contribution in [0.25, 0.3) is 21.5 Å². The highest BCUT2D eigenvalue weighted by Crippen LogP contribution is 2.24. The minimum atomic E-state index is -0.327. The zero-order valence-corrected chi connectivity index (χ0v) is 16.4. The Hall–Kier alpha value is -3.39. The Labute approximate surface area is 169 Å². The van der Waals surface area contributed by atoms with Crippen molar-refractivity contribution in [2.75, 3.05) is 7.05 Å². The fourth-order valence-corrected chi connectivity index (χ4v) is 3.77. The molecule has 4 rings (SSSR count). The van der Waals surface area contributed by atoms with Gasteiger partial charge in [-0.2, -0.15) is 0 Å². The van der Waals surface area contributed by atoms with Crippen LogP contribution in [-0.2, 0) is 17.8 Å². The largest absolute Gasteiger partial charge is 0.338 e. The quantitative estimate of drug-likeness (QED) is 0.549. The molecule has 0 fully saturated rings. The first kappa shape index (κ1) is 18.9. The molecule has 0 bridgehead atoms. The maximum atomic E-state index is 13.4. The Morgan fingerprint density at radius 1 is 1.17 bits per heavy atom. The zero-order valence-electron chi connectivity index (χ0n) is 15.6. The molecule has 0 unspecified atom stereocenters. The Morgan fingerprint density at radius 3 is 2.83 bits per heavy atom. The van der Waals surface area contributed by atoms with Crippen LogP contribution in [-0.4, -0.2) is 32.8 Å². The van der Waals surface area contributed by atoms with E-state index in [1.54, 1.807) is 42.8 Å². The Bertz CT molecular complexity index is 1250. The van der Waals surface area contributed by atoms with Gasteiger partial charge in [0, 0.05) is 18.0 Å². The number of para-hydroxylation sites is 1. The van der Waals surface area contributed by atoms with E-state index in [0.717, 1.165) is 0 Å². The van der Waals surface area contributed by atoms with Crippen molar-refractivity contribution >= 4 is 28.1 Å². The van der Waals surface area contributed by atoms with Crippen molar-refractivity contribution in [2.24, 2.45) is 0 Å². The van der Waals surface area contributed by atoms with Crippen molar-refractivity contribution in [1.82, 2.24) is 19.9 Å². The smallest absolute Gasteiger partial charge is 0.258 e. The van der Waals surface area contributed by atoms with Crippen LogP contribution in [0.15, 0.2) is 58.7 Å². The predicted molar refractivity (Wildman–Crippen MR) is 110 cm³/mol. The minimum Gasteiger partial charge on any atom is -0.338 e. The number of nitrogens with one attached hydrogen (secondary N) is 1. The molecule has 1 N–H and O–H groups in total. The maximum Gasteiger partial charge on any atom is 0.258 e. The molecule has 0 spiro atoms. The Morgan fingerprint density at radius 2 is 2.00 bits per heavy atom. The highest BCUT2D eigenvalue weighted by molar-refractivity contribution is 7.13. The number of rotatable bonds is 5. The molecule has 0 aliphatic heterocycles. The molecule has 2 aromatic carbocycles. The number of aromatic amines is 1. The van der Waals surface area contributed by atoms with E-state index in [0.29, 0.717) is 33.0 Å². The predicted octanol–water partition coefficient (Wildman–Crippen LogP) is 3.39. The lowest BCUT2D eigenvalue weighted by atomic mass is 10.2. The first-order chi connectivity index (χ1) is 14.0. The van der Waals surface area contributed by atoms with Crippen LogP contribution in [0.5, 0.6) is 0 Å². The summed E-state index contributed by atoms with van der Waals surface area (Å²) in [6.07, 6.45) is 0.111. The van der Waals surface area contributed by atoms with E-state index in [-0.39, 0.29) is 30.2 Å². The van der Waals surface area contributed by atoms with Gasteiger partial charge < -0.3 is 9.88 Å². The van der Waals surface area contributed by atoms with E-state index in [1.165, 1.54) is 28.4 Å². The minimum absolute atomic E-state index is 0.111. The molecule has 1 amide bonds. The summed E-state index contributed by atoms with van der Waals surface area (Å²) >= 11 is 1.36. The molecule has 2 aromatic heterocycles. The number of H-pyrrole nitrogens is 1. The van der Waals surface area contributed by atoms with E-state index < -0.39 is 0 Å². The SMILES string of the molecule is CN(Cc1nc2ccccc2c(=O)[nH]1)C(=O)Cc1csc(-c2cccc(F)c2)n1. The monoisotopic (exact) mass is 408 g/mol. The van der Waals surface area contributed by atoms with Gasteiger partial charge in [-0.1, -0.05) is 24.3 Å². The molecular formula is C21H17FN4O2S. The van der Waals surface area contributed by atoms with Gasteiger partial charge in [0.2, 0.25) is 5.91 Å². The molecular weight excluding hydrogens is 391 g/mol. The van der Waals surface area contributed by atoms with E-state index in [9.17, 15) is 14.0 Å². The highest BCUT2D eigenvalue weighted by atomic mass is 32.1. The third-order valence-electron chi connectivity index (χ3n) is 4.43. The lowest BCUT2D eigenvalue weighted by molar-refractivity contribution is -0.129. The number of carbonyl (C=O) groups is 1. The molecule has 2 heterocycles. The molecule has 0 aliphatic carbocycles. The number of thiazole rings is 1. The van der Waals surface area contributed by atoms with Crippen LogP contribution in [0.2, 0.25) is 0 Å². The summed E-state index contributed by atoms with van der Waals surface area (Å²) in [6, 6.07) is 13.3. The number of carbonyl (C=O) groups excluding carboxylic acids is 1. The van der Waals surface area contributed by atoms with Crippen molar-refractivity contribution in [3.63, 3.8) is 0 Å². The van der Waals surface area contributed by atoms with E-state index in [1.807, 2.05) is 6.07 Å². The van der Waals surface area contributed by atoms with Gasteiger partial charge in [-0.3, -0.25) is 9.59 Å². The van der Waals surface area contributed by atoms with Crippen LogP contribution in [0.1, 0.15) is 11.5 Å². The second-order valence-electron chi connectivity index (χ2n) is 6.61. The lowest BCUT2D eigenvalue weighted by Crippen LogP contribution is -2.29. The number of likely N-dealkylation sites (N-methyl/N-ethyl adjacent to an activating group) is 1. The first-order valence-corrected chi connectivity index (χ1v) is 9.80. The first-order valence-electron chi connectivity index (χ1n) is 8.92. The van der Waals surface area contributed by atoms with Crippen LogP contribution in [0.4, 0.5) is 4.39 Å². The zero-order chi connectivity index (χ0) is 20.4. The normalized spacial score (nSPS) is 11.0. The summed E-state index contributed by atoms with van der Waals surface area (Å²) in [5, 5.41) is 2.97. The molecule has 0 atom stereocenters. The molecule has 4 aromatic rings. The molecule has 0 saturated heterocycles. The molecule has 0 radical (unpaired) electrons. The third kappa shape index (κ3) is 4.22. The maximum absolute atomic E-state index is 13.4. The van der Waals surface area contributed by atoms with Gasteiger partial charge in [-0.05, 0) is 24.3 Å². The fraction of sp³-hybridized carbons (Fsp3) is 0.143. The van der Waals surface area contributed by atoms with Crippen LogP contribution >= 0.6 is 11.3 Å². The van der Waals surface area contributed by atoms with E-state index in [2.05, 4.69) is 15.0 Å². The van der Waals surface area contributed by atoms with Gasteiger partial charge >= 0.3 is 0 Å². The summed E-state index contributed by atoms with van der Waals surface area (Å²) in [5.74, 6) is -0.0629. The topological polar surface area (TPSA) is 79.0 Å². The Kier molecular flexibility index (Phi) is 5.18. The van der Waals surface area contributed by atoms with Crippen molar-refractivity contribution in [2.45, 2.75) is 13.0 Å². The van der Waals surface area contributed by atoms with E-state index >= 15 is 0 Å². The van der Waals surface area contributed by atoms with Crippen LogP contribution in [0, 0.1) is 5.82 Å².